The first-order valence-electron chi connectivity index (χ1n) is 11.9. The first kappa shape index (κ1) is 23.6. The molecule has 2 unspecified atom stereocenters. The highest BCUT2D eigenvalue weighted by Crippen LogP contribution is 2.42. The van der Waals surface area contributed by atoms with Gasteiger partial charge >= 0.3 is 0 Å². The van der Waals surface area contributed by atoms with Crippen molar-refractivity contribution in [2.45, 2.75) is 49.6 Å². The van der Waals surface area contributed by atoms with E-state index in [0.717, 1.165) is 29.0 Å². The monoisotopic (exact) mass is 456 g/mol. The van der Waals surface area contributed by atoms with Crippen molar-refractivity contribution in [3.63, 3.8) is 0 Å². The zero-order valence-corrected chi connectivity index (χ0v) is 20.4. The summed E-state index contributed by atoms with van der Waals surface area (Å²) in [5, 5.41) is 0. The number of para-hydroxylation sites is 1. The van der Waals surface area contributed by atoms with Gasteiger partial charge in [0.15, 0.2) is 5.50 Å². The predicted octanol–water partition coefficient (Wildman–Crippen LogP) is 4.58. The Kier molecular flexibility index (Phi) is 8.13. The minimum absolute atomic E-state index is 0.129. The molecule has 0 bridgehead atoms. The fourth-order valence-corrected chi connectivity index (χ4v) is 6.29. The number of quaternary nitrogens is 1. The quantitative estimate of drug-likeness (QED) is 0.442. The Morgan fingerprint density at radius 2 is 1.81 bits per heavy atom. The van der Waals surface area contributed by atoms with Crippen molar-refractivity contribution in [1.29, 1.82) is 0 Å². The van der Waals surface area contributed by atoms with E-state index in [9.17, 15) is 0 Å². The van der Waals surface area contributed by atoms with Crippen molar-refractivity contribution in [2.75, 3.05) is 40.4 Å². The minimum atomic E-state index is 0.129. The molecule has 2 heterocycles. The van der Waals surface area contributed by atoms with Crippen LogP contribution in [-0.2, 0) is 17.1 Å². The molecule has 0 saturated carbocycles. The van der Waals surface area contributed by atoms with Crippen molar-refractivity contribution in [1.82, 2.24) is 9.38 Å². The molecule has 0 aliphatic carbocycles. The Labute approximate surface area is 197 Å². The second kappa shape index (κ2) is 11.0. The van der Waals surface area contributed by atoms with Gasteiger partial charge in [0, 0.05) is 43.9 Å². The van der Waals surface area contributed by atoms with Gasteiger partial charge in [0.25, 0.3) is 0 Å². The third kappa shape index (κ3) is 5.32. The summed E-state index contributed by atoms with van der Waals surface area (Å²) in [6, 6.07) is 17.6. The molecule has 0 amide bonds. The van der Waals surface area contributed by atoms with Crippen LogP contribution in [0.3, 0.4) is 0 Å². The van der Waals surface area contributed by atoms with E-state index in [-0.39, 0.29) is 5.50 Å². The normalized spacial score (nSPS) is 24.3. The van der Waals surface area contributed by atoms with Crippen LogP contribution < -0.4 is 15.0 Å². The molecule has 0 aromatic heterocycles. The summed E-state index contributed by atoms with van der Waals surface area (Å²) in [7, 11) is 4.05. The van der Waals surface area contributed by atoms with Gasteiger partial charge in [-0.15, -0.1) is 0 Å². The van der Waals surface area contributed by atoms with Gasteiger partial charge < -0.3 is 14.4 Å². The van der Waals surface area contributed by atoms with Crippen LogP contribution in [0.2, 0.25) is 0 Å². The lowest BCUT2D eigenvalue weighted by Gasteiger charge is -2.50. The molecule has 2 atom stereocenters. The number of ether oxygens (including phenoxy) is 2. The lowest BCUT2D eigenvalue weighted by molar-refractivity contribution is 0.103. The summed E-state index contributed by atoms with van der Waals surface area (Å²) in [4.78, 5) is 2.63. The average molecular weight is 457 g/mol. The number of thioether (sulfide) groups is 1. The lowest BCUT2D eigenvalue weighted by Crippen LogP contribution is -2.65. The van der Waals surface area contributed by atoms with Crippen LogP contribution in [0.15, 0.2) is 48.5 Å². The summed E-state index contributed by atoms with van der Waals surface area (Å²) >= 11 is 1.90. The summed E-state index contributed by atoms with van der Waals surface area (Å²) in [5.74, 6) is 1.92. The molecule has 0 radical (unpaired) electrons. The average Bonchev–Trinajstić information content (AvgIpc) is 2.84. The van der Waals surface area contributed by atoms with Gasteiger partial charge in [-0.2, -0.15) is 0 Å². The second-order valence-electron chi connectivity index (χ2n) is 9.16. The van der Waals surface area contributed by atoms with Gasteiger partial charge in [-0.1, -0.05) is 42.1 Å². The Morgan fingerprint density at radius 1 is 1.06 bits per heavy atom. The van der Waals surface area contributed by atoms with Crippen molar-refractivity contribution < 1.29 is 9.47 Å². The number of fused-ring (bicyclic) bond motifs is 1. The van der Waals surface area contributed by atoms with Gasteiger partial charge in [-0.3, -0.25) is 10.2 Å². The standard InChI is InChI=1S/C26H38N3O2S/c1-29(25-8-4-3-7-22(25)20-32-26(29)27)23-13-16-28(17-14-23)15-5-6-18-31-19-21-9-11-24(30-2)12-10-21/h3-4,7-12,23,26H,5-6,13-20,27H2,1-2H3/q+1. The Hall–Kier alpha value is -1.57. The predicted molar refractivity (Wildman–Crippen MR) is 135 cm³/mol. The van der Waals surface area contributed by atoms with Crippen LogP contribution in [0, 0.1) is 0 Å². The molecule has 0 spiro atoms. The van der Waals surface area contributed by atoms with Crippen LogP contribution in [-0.4, -0.2) is 56.8 Å². The maximum atomic E-state index is 6.68. The molecule has 2 aliphatic rings. The zero-order chi connectivity index (χ0) is 22.4. The van der Waals surface area contributed by atoms with Gasteiger partial charge in [-0.25, -0.2) is 0 Å². The molecule has 174 valence electrons. The summed E-state index contributed by atoms with van der Waals surface area (Å²) in [6.45, 7) is 5.00. The van der Waals surface area contributed by atoms with Gasteiger partial charge in [0.05, 0.1) is 26.8 Å². The van der Waals surface area contributed by atoms with Gasteiger partial charge in [0.1, 0.15) is 11.4 Å². The third-order valence-corrected chi connectivity index (χ3v) is 8.46. The smallest absolute Gasteiger partial charge is 0.193 e. The first-order valence-corrected chi connectivity index (χ1v) is 12.9. The van der Waals surface area contributed by atoms with Gasteiger partial charge in [-0.05, 0) is 43.1 Å². The van der Waals surface area contributed by atoms with Crippen molar-refractivity contribution in [3.05, 3.63) is 59.7 Å². The summed E-state index contributed by atoms with van der Waals surface area (Å²) in [6.07, 6.45) is 4.73. The molecular weight excluding hydrogens is 418 g/mol. The molecule has 32 heavy (non-hydrogen) atoms. The SMILES string of the molecule is COc1ccc(COCCCCN2CCC([N+]3(C)c4ccccc4CSC3N)CC2)cc1. The van der Waals surface area contributed by atoms with E-state index < -0.39 is 0 Å². The van der Waals surface area contributed by atoms with Crippen LogP contribution >= 0.6 is 11.8 Å². The number of nitrogens with zero attached hydrogens (tertiary/aromatic N) is 2. The third-order valence-electron chi connectivity index (χ3n) is 7.21. The minimum Gasteiger partial charge on any atom is -0.497 e. The second-order valence-corrected chi connectivity index (χ2v) is 10.3. The molecule has 2 N–H and O–H groups in total. The van der Waals surface area contributed by atoms with E-state index in [1.165, 1.54) is 55.7 Å². The topological polar surface area (TPSA) is 47.7 Å². The van der Waals surface area contributed by atoms with E-state index in [4.69, 9.17) is 15.2 Å². The molecule has 6 heteroatoms. The number of likely N-dealkylation sites (tertiary alicyclic amines) is 1. The number of hydrogen-bond donors (Lipinski definition) is 1. The number of hydrogen-bond acceptors (Lipinski definition) is 5. The molecule has 2 aromatic carbocycles. The number of nitrogens with two attached hydrogens (primary N) is 1. The Balaban J connectivity index is 1.17. The van der Waals surface area contributed by atoms with Gasteiger partial charge in [0.2, 0.25) is 0 Å². The van der Waals surface area contributed by atoms with E-state index in [1.807, 2.05) is 23.9 Å². The molecule has 1 fully saturated rings. The molecule has 5 nitrogen and oxygen atoms in total. The van der Waals surface area contributed by atoms with Crippen LogP contribution in [0.1, 0.15) is 36.8 Å². The fourth-order valence-electron chi connectivity index (χ4n) is 5.11. The van der Waals surface area contributed by atoms with E-state index in [2.05, 4.69) is 48.3 Å². The van der Waals surface area contributed by atoms with Crippen molar-refractivity contribution >= 4 is 17.4 Å². The highest BCUT2D eigenvalue weighted by atomic mass is 32.2. The highest BCUT2D eigenvalue weighted by Gasteiger charge is 2.45. The number of benzene rings is 2. The van der Waals surface area contributed by atoms with Crippen LogP contribution in [0.25, 0.3) is 0 Å². The molecule has 2 aromatic rings. The Morgan fingerprint density at radius 3 is 2.56 bits per heavy atom. The number of piperidine rings is 1. The van der Waals surface area contributed by atoms with Crippen LogP contribution in [0.4, 0.5) is 5.69 Å². The lowest BCUT2D eigenvalue weighted by atomic mass is 9.98. The van der Waals surface area contributed by atoms with E-state index >= 15 is 0 Å². The maximum absolute atomic E-state index is 6.68. The van der Waals surface area contributed by atoms with E-state index in [0.29, 0.717) is 12.6 Å². The van der Waals surface area contributed by atoms with Crippen molar-refractivity contribution in [3.8, 4) is 5.75 Å². The molecule has 2 aliphatic heterocycles. The molecular formula is C26H38N3O2S+. The summed E-state index contributed by atoms with van der Waals surface area (Å²) < 4.78 is 11.9. The molecule has 4 rings (SSSR count). The fraction of sp³-hybridized carbons (Fsp3) is 0.538. The first-order chi connectivity index (χ1) is 15.6. The number of methoxy groups -OCH3 is 1. The largest absolute Gasteiger partial charge is 0.497 e. The zero-order valence-electron chi connectivity index (χ0n) is 19.5. The van der Waals surface area contributed by atoms with Crippen molar-refractivity contribution in [2.24, 2.45) is 5.73 Å². The van der Waals surface area contributed by atoms with E-state index in [1.54, 1.807) is 7.11 Å². The number of unbranched alkanes of at least 4 members (excludes halogenated alkanes) is 1. The number of rotatable bonds is 9. The van der Waals surface area contributed by atoms with Crippen LogP contribution in [0.5, 0.6) is 5.75 Å². The Bertz CT molecular complexity index is 854. The highest BCUT2D eigenvalue weighted by molar-refractivity contribution is 7.99. The molecule has 1 saturated heterocycles. The maximum Gasteiger partial charge on any atom is 0.193 e. The summed E-state index contributed by atoms with van der Waals surface area (Å²) in [5.41, 5.74) is 10.9.